The Labute approximate surface area is 143 Å². The molecule has 1 aromatic carbocycles. The van der Waals surface area contributed by atoms with Crippen LogP contribution >= 0.6 is 0 Å². The largest absolute Gasteiger partial charge is 0.493 e. The van der Waals surface area contributed by atoms with Crippen molar-refractivity contribution < 1.29 is 17.9 Å². The van der Waals surface area contributed by atoms with Crippen LogP contribution in [0.15, 0.2) is 23.2 Å². The number of ether oxygens (including phenoxy) is 2. The summed E-state index contributed by atoms with van der Waals surface area (Å²) in [6.07, 6.45) is 1.78. The minimum atomic E-state index is -3.15. The van der Waals surface area contributed by atoms with Crippen molar-refractivity contribution >= 4 is 21.7 Å². The second kappa shape index (κ2) is 9.99. The van der Waals surface area contributed by atoms with Gasteiger partial charge in [0.15, 0.2) is 17.5 Å². The SMILES string of the molecule is CCOc1cc(NC(=NC)NCCCNS(C)(=O)=O)ccc1OC. The Morgan fingerprint density at radius 3 is 2.58 bits per heavy atom. The van der Waals surface area contributed by atoms with Crippen molar-refractivity contribution in [2.45, 2.75) is 13.3 Å². The van der Waals surface area contributed by atoms with Gasteiger partial charge in [-0.05, 0) is 25.5 Å². The summed E-state index contributed by atoms with van der Waals surface area (Å²) < 4.78 is 35.2. The standard InChI is InChI=1S/C15H26N4O4S/c1-5-23-14-11-12(7-8-13(14)22-3)19-15(16-2)17-9-6-10-18-24(4,20)21/h7-8,11,18H,5-6,9-10H2,1-4H3,(H2,16,17,19). The van der Waals surface area contributed by atoms with Crippen molar-refractivity contribution in [1.82, 2.24) is 10.0 Å². The number of hydrogen-bond donors (Lipinski definition) is 3. The number of nitrogens with zero attached hydrogens (tertiary/aromatic N) is 1. The third kappa shape index (κ3) is 7.51. The molecule has 0 aliphatic rings. The Kier molecular flexibility index (Phi) is 8.34. The highest BCUT2D eigenvalue weighted by Crippen LogP contribution is 2.30. The Morgan fingerprint density at radius 2 is 2.00 bits per heavy atom. The Balaban J connectivity index is 2.55. The van der Waals surface area contributed by atoms with Gasteiger partial charge in [-0.3, -0.25) is 4.99 Å². The number of guanidine groups is 1. The summed E-state index contributed by atoms with van der Waals surface area (Å²) in [5.41, 5.74) is 0.807. The summed E-state index contributed by atoms with van der Waals surface area (Å²) >= 11 is 0. The molecular weight excluding hydrogens is 332 g/mol. The summed E-state index contributed by atoms with van der Waals surface area (Å²) in [5.74, 6) is 1.90. The average molecular weight is 358 g/mol. The lowest BCUT2D eigenvalue weighted by Gasteiger charge is -2.14. The van der Waals surface area contributed by atoms with Crippen molar-refractivity contribution in [3.8, 4) is 11.5 Å². The van der Waals surface area contributed by atoms with Crippen LogP contribution in [0.2, 0.25) is 0 Å². The fourth-order valence-corrected chi connectivity index (χ4v) is 2.41. The van der Waals surface area contributed by atoms with Crippen molar-refractivity contribution in [1.29, 1.82) is 0 Å². The highest BCUT2D eigenvalue weighted by atomic mass is 32.2. The monoisotopic (exact) mass is 358 g/mol. The first-order chi connectivity index (χ1) is 11.4. The average Bonchev–Trinajstić information content (AvgIpc) is 2.53. The van der Waals surface area contributed by atoms with E-state index in [9.17, 15) is 8.42 Å². The second-order valence-electron chi connectivity index (χ2n) is 4.94. The smallest absolute Gasteiger partial charge is 0.208 e. The van der Waals surface area contributed by atoms with Crippen LogP contribution in [0.5, 0.6) is 11.5 Å². The lowest BCUT2D eigenvalue weighted by Crippen LogP contribution is -2.33. The topological polar surface area (TPSA) is 101 Å². The van der Waals surface area contributed by atoms with Gasteiger partial charge in [0.2, 0.25) is 10.0 Å². The third-order valence-electron chi connectivity index (χ3n) is 2.96. The number of hydrogen-bond acceptors (Lipinski definition) is 5. The van der Waals surface area contributed by atoms with Gasteiger partial charge in [0.1, 0.15) is 0 Å². The summed E-state index contributed by atoms with van der Waals surface area (Å²) in [5, 5.41) is 6.27. The molecule has 1 aromatic rings. The molecule has 0 saturated heterocycles. The van der Waals surface area contributed by atoms with Gasteiger partial charge in [0.25, 0.3) is 0 Å². The van der Waals surface area contributed by atoms with E-state index in [1.165, 1.54) is 0 Å². The molecule has 8 nitrogen and oxygen atoms in total. The van der Waals surface area contributed by atoms with Crippen molar-refractivity contribution in [2.75, 3.05) is 45.4 Å². The summed E-state index contributed by atoms with van der Waals surface area (Å²) in [4.78, 5) is 4.13. The maximum Gasteiger partial charge on any atom is 0.208 e. The van der Waals surface area contributed by atoms with E-state index in [1.807, 2.05) is 25.1 Å². The Hall–Kier alpha value is -2.00. The zero-order valence-corrected chi connectivity index (χ0v) is 15.4. The molecule has 0 fully saturated rings. The van der Waals surface area contributed by atoms with Crippen molar-refractivity contribution in [2.24, 2.45) is 4.99 Å². The number of aliphatic imine (C=N–C) groups is 1. The highest BCUT2D eigenvalue weighted by molar-refractivity contribution is 7.88. The highest BCUT2D eigenvalue weighted by Gasteiger charge is 2.07. The van der Waals surface area contributed by atoms with Crippen LogP contribution in [-0.4, -0.2) is 54.5 Å². The molecule has 0 amide bonds. The number of benzene rings is 1. The van der Waals surface area contributed by atoms with E-state index in [2.05, 4.69) is 20.3 Å². The molecule has 0 radical (unpaired) electrons. The number of sulfonamides is 1. The van der Waals surface area contributed by atoms with Gasteiger partial charge in [0, 0.05) is 31.9 Å². The van der Waals surface area contributed by atoms with Gasteiger partial charge in [-0.2, -0.15) is 0 Å². The molecule has 0 heterocycles. The van der Waals surface area contributed by atoms with Crippen LogP contribution in [0.4, 0.5) is 5.69 Å². The number of rotatable bonds is 9. The first kappa shape index (κ1) is 20.0. The number of methoxy groups -OCH3 is 1. The fraction of sp³-hybridized carbons (Fsp3) is 0.533. The van der Waals surface area contributed by atoms with E-state index >= 15 is 0 Å². The Morgan fingerprint density at radius 1 is 1.25 bits per heavy atom. The normalized spacial score (nSPS) is 11.9. The molecule has 0 bridgehead atoms. The Bertz CT molecular complexity index is 647. The van der Waals surface area contributed by atoms with Crippen LogP contribution < -0.4 is 24.8 Å². The maximum atomic E-state index is 11.0. The molecular formula is C15H26N4O4S. The second-order valence-corrected chi connectivity index (χ2v) is 6.78. The zero-order chi connectivity index (χ0) is 18.0. The molecule has 0 atom stereocenters. The fourth-order valence-electron chi connectivity index (χ4n) is 1.89. The van der Waals surface area contributed by atoms with Crippen molar-refractivity contribution in [3.05, 3.63) is 18.2 Å². The molecule has 0 unspecified atom stereocenters. The molecule has 0 aromatic heterocycles. The van der Waals surface area contributed by atoms with E-state index in [4.69, 9.17) is 9.47 Å². The lowest BCUT2D eigenvalue weighted by molar-refractivity contribution is 0.311. The first-order valence-electron chi connectivity index (χ1n) is 7.62. The van der Waals surface area contributed by atoms with Crippen LogP contribution in [0.25, 0.3) is 0 Å². The van der Waals surface area contributed by atoms with Gasteiger partial charge in [0.05, 0.1) is 20.0 Å². The van der Waals surface area contributed by atoms with Crippen molar-refractivity contribution in [3.63, 3.8) is 0 Å². The minimum absolute atomic E-state index is 0.375. The van der Waals surface area contributed by atoms with Crippen LogP contribution in [0.1, 0.15) is 13.3 Å². The van der Waals surface area contributed by atoms with Crippen LogP contribution in [0, 0.1) is 0 Å². The summed E-state index contributed by atoms with van der Waals surface area (Å²) in [6, 6.07) is 5.51. The van der Waals surface area contributed by atoms with Gasteiger partial charge >= 0.3 is 0 Å². The predicted octanol–water partition coefficient (Wildman–Crippen LogP) is 1.02. The van der Waals surface area contributed by atoms with Gasteiger partial charge in [-0.1, -0.05) is 0 Å². The first-order valence-corrected chi connectivity index (χ1v) is 9.52. The van der Waals surface area contributed by atoms with E-state index in [-0.39, 0.29) is 0 Å². The summed E-state index contributed by atoms with van der Waals surface area (Å²) in [6.45, 7) is 3.40. The van der Waals surface area contributed by atoms with Crippen LogP contribution in [-0.2, 0) is 10.0 Å². The molecule has 9 heteroatoms. The zero-order valence-electron chi connectivity index (χ0n) is 14.5. The number of nitrogens with one attached hydrogen (secondary N) is 3. The third-order valence-corrected chi connectivity index (χ3v) is 3.69. The maximum absolute atomic E-state index is 11.0. The van der Waals surface area contributed by atoms with Gasteiger partial charge in [-0.15, -0.1) is 0 Å². The molecule has 0 spiro atoms. The number of anilines is 1. The molecule has 0 aliphatic carbocycles. The van der Waals surface area contributed by atoms with E-state index in [0.717, 1.165) is 11.9 Å². The van der Waals surface area contributed by atoms with E-state index in [0.29, 0.717) is 43.6 Å². The van der Waals surface area contributed by atoms with Crippen LogP contribution in [0.3, 0.4) is 0 Å². The van der Waals surface area contributed by atoms with E-state index in [1.54, 1.807) is 14.2 Å². The summed E-state index contributed by atoms with van der Waals surface area (Å²) in [7, 11) is 0.112. The minimum Gasteiger partial charge on any atom is -0.493 e. The predicted molar refractivity (Wildman–Crippen MR) is 96.6 cm³/mol. The molecule has 0 saturated carbocycles. The lowest BCUT2D eigenvalue weighted by atomic mass is 10.2. The molecule has 1 rings (SSSR count). The van der Waals surface area contributed by atoms with Gasteiger partial charge in [-0.25, -0.2) is 13.1 Å². The quantitative estimate of drug-likeness (QED) is 0.346. The van der Waals surface area contributed by atoms with E-state index < -0.39 is 10.0 Å². The molecule has 136 valence electrons. The molecule has 24 heavy (non-hydrogen) atoms. The molecule has 3 N–H and O–H groups in total. The molecule has 0 aliphatic heterocycles. The van der Waals surface area contributed by atoms with Gasteiger partial charge < -0.3 is 20.1 Å².